The Labute approximate surface area is 127 Å². The van der Waals surface area contributed by atoms with E-state index in [-0.39, 0.29) is 23.7 Å². The minimum Gasteiger partial charge on any atom is -0.457 e. The van der Waals surface area contributed by atoms with Crippen molar-refractivity contribution in [2.24, 2.45) is 5.41 Å². The first-order valence-electron chi connectivity index (χ1n) is 6.97. The van der Waals surface area contributed by atoms with Gasteiger partial charge in [-0.2, -0.15) is 0 Å². The van der Waals surface area contributed by atoms with Crippen molar-refractivity contribution in [1.82, 2.24) is 0 Å². The standard InChI is InChI=1S/C16H16O6/c1-16(2)12(21-14(17)10-5-3-7-19-10)9-13(16)22-15(18)11-6-4-8-20-11/h3-8,12-13H,9H2,1-2H3/t12-,13-/m1/s1. The highest BCUT2D eigenvalue weighted by atomic mass is 16.6. The predicted molar refractivity (Wildman–Crippen MR) is 74.2 cm³/mol. The van der Waals surface area contributed by atoms with Crippen molar-refractivity contribution in [3.8, 4) is 0 Å². The van der Waals surface area contributed by atoms with Gasteiger partial charge >= 0.3 is 11.9 Å². The lowest BCUT2D eigenvalue weighted by Crippen LogP contribution is -2.56. The summed E-state index contributed by atoms with van der Waals surface area (Å²) in [5.74, 6) is -0.712. The van der Waals surface area contributed by atoms with Gasteiger partial charge in [0.2, 0.25) is 11.5 Å². The highest BCUT2D eigenvalue weighted by molar-refractivity contribution is 5.87. The molecule has 2 atom stereocenters. The van der Waals surface area contributed by atoms with Gasteiger partial charge in [0.25, 0.3) is 0 Å². The highest BCUT2D eigenvalue weighted by Gasteiger charge is 2.53. The lowest BCUT2D eigenvalue weighted by Gasteiger charge is -2.49. The van der Waals surface area contributed by atoms with Gasteiger partial charge in [-0.3, -0.25) is 0 Å². The third-order valence-corrected chi connectivity index (χ3v) is 4.03. The summed E-state index contributed by atoms with van der Waals surface area (Å²) in [6.45, 7) is 3.77. The van der Waals surface area contributed by atoms with E-state index in [0.29, 0.717) is 6.42 Å². The molecule has 2 aromatic heterocycles. The molecule has 0 unspecified atom stereocenters. The van der Waals surface area contributed by atoms with Gasteiger partial charge in [-0.25, -0.2) is 9.59 Å². The highest BCUT2D eigenvalue weighted by Crippen LogP contribution is 2.45. The fourth-order valence-electron chi connectivity index (χ4n) is 2.41. The van der Waals surface area contributed by atoms with Crippen LogP contribution in [0, 0.1) is 5.41 Å². The fourth-order valence-corrected chi connectivity index (χ4v) is 2.41. The maximum atomic E-state index is 11.9. The number of furan rings is 2. The van der Waals surface area contributed by atoms with Gasteiger partial charge in [0.15, 0.2) is 0 Å². The van der Waals surface area contributed by atoms with E-state index in [2.05, 4.69) is 0 Å². The van der Waals surface area contributed by atoms with Gasteiger partial charge < -0.3 is 18.3 Å². The van der Waals surface area contributed by atoms with Crippen LogP contribution in [0.2, 0.25) is 0 Å². The van der Waals surface area contributed by atoms with Gasteiger partial charge in [0, 0.05) is 11.8 Å². The first-order valence-corrected chi connectivity index (χ1v) is 6.97. The Balaban J connectivity index is 1.58. The largest absolute Gasteiger partial charge is 0.457 e. The maximum Gasteiger partial charge on any atom is 0.374 e. The molecule has 0 aliphatic heterocycles. The molecule has 6 nitrogen and oxygen atoms in total. The number of carbonyl (C=O) groups is 2. The molecule has 22 heavy (non-hydrogen) atoms. The number of ether oxygens (including phenoxy) is 2. The number of carbonyl (C=O) groups excluding carboxylic acids is 2. The zero-order valence-electron chi connectivity index (χ0n) is 12.3. The Kier molecular flexibility index (Phi) is 3.52. The first-order chi connectivity index (χ1) is 10.5. The van der Waals surface area contributed by atoms with E-state index in [1.807, 2.05) is 13.8 Å². The molecule has 0 N–H and O–H groups in total. The van der Waals surface area contributed by atoms with Gasteiger partial charge in [-0.15, -0.1) is 0 Å². The molecule has 0 spiro atoms. The number of rotatable bonds is 4. The van der Waals surface area contributed by atoms with Crippen LogP contribution in [0.5, 0.6) is 0 Å². The Hall–Kier alpha value is -2.50. The normalized spacial score (nSPS) is 22.6. The van der Waals surface area contributed by atoms with Crippen LogP contribution in [-0.4, -0.2) is 24.1 Å². The molecule has 1 fully saturated rings. The van der Waals surface area contributed by atoms with Crippen molar-refractivity contribution < 1.29 is 27.9 Å². The van der Waals surface area contributed by atoms with Crippen molar-refractivity contribution in [1.29, 1.82) is 0 Å². The van der Waals surface area contributed by atoms with Crippen LogP contribution in [0.4, 0.5) is 0 Å². The average molecular weight is 304 g/mol. The van der Waals surface area contributed by atoms with Crippen LogP contribution in [0.3, 0.4) is 0 Å². The predicted octanol–water partition coefficient (Wildman–Crippen LogP) is 3.05. The van der Waals surface area contributed by atoms with E-state index in [1.54, 1.807) is 24.3 Å². The van der Waals surface area contributed by atoms with E-state index >= 15 is 0 Å². The smallest absolute Gasteiger partial charge is 0.374 e. The van der Waals surface area contributed by atoms with Crippen molar-refractivity contribution in [2.75, 3.05) is 0 Å². The molecule has 0 radical (unpaired) electrons. The molecule has 0 aromatic carbocycles. The molecule has 1 aliphatic rings. The van der Waals surface area contributed by atoms with Crippen LogP contribution >= 0.6 is 0 Å². The van der Waals surface area contributed by atoms with E-state index in [1.165, 1.54) is 12.5 Å². The van der Waals surface area contributed by atoms with E-state index < -0.39 is 17.4 Å². The third-order valence-electron chi connectivity index (χ3n) is 4.03. The summed E-state index contributed by atoms with van der Waals surface area (Å²) in [5, 5.41) is 0. The van der Waals surface area contributed by atoms with Crippen LogP contribution in [-0.2, 0) is 9.47 Å². The summed E-state index contributed by atoms with van der Waals surface area (Å²) >= 11 is 0. The maximum absolute atomic E-state index is 11.9. The summed E-state index contributed by atoms with van der Waals surface area (Å²) in [6.07, 6.45) is 2.61. The minimum absolute atomic E-state index is 0.159. The zero-order valence-corrected chi connectivity index (χ0v) is 12.3. The Morgan fingerprint density at radius 1 is 1.00 bits per heavy atom. The second-order valence-electron chi connectivity index (χ2n) is 5.80. The fraction of sp³-hybridized carbons (Fsp3) is 0.375. The molecular formula is C16H16O6. The molecule has 1 saturated carbocycles. The molecule has 2 heterocycles. The molecule has 3 rings (SSSR count). The Morgan fingerprint density at radius 3 is 1.77 bits per heavy atom. The summed E-state index contributed by atoms with van der Waals surface area (Å²) in [4.78, 5) is 23.7. The molecule has 0 saturated heterocycles. The SMILES string of the molecule is CC1(C)[C@H](OC(=O)c2ccco2)C[C@H]1OC(=O)c1ccco1. The van der Waals surface area contributed by atoms with Crippen LogP contribution in [0.1, 0.15) is 41.4 Å². The monoisotopic (exact) mass is 304 g/mol. The summed E-state index contributed by atoms with van der Waals surface area (Å²) < 4.78 is 20.8. The Morgan fingerprint density at radius 2 is 1.45 bits per heavy atom. The first kappa shape index (κ1) is 14.4. The number of hydrogen-bond donors (Lipinski definition) is 0. The van der Waals surface area contributed by atoms with E-state index in [9.17, 15) is 9.59 Å². The second kappa shape index (κ2) is 5.36. The van der Waals surface area contributed by atoms with Crippen molar-refractivity contribution in [3.05, 3.63) is 48.3 Å². The molecule has 1 aliphatic carbocycles. The topological polar surface area (TPSA) is 78.9 Å². The van der Waals surface area contributed by atoms with Gasteiger partial charge in [0.1, 0.15) is 12.2 Å². The number of hydrogen-bond acceptors (Lipinski definition) is 6. The van der Waals surface area contributed by atoms with Crippen molar-refractivity contribution in [2.45, 2.75) is 32.5 Å². The van der Waals surface area contributed by atoms with Gasteiger partial charge in [0.05, 0.1) is 12.5 Å². The van der Waals surface area contributed by atoms with E-state index in [0.717, 1.165) is 0 Å². The number of esters is 2. The quantitative estimate of drug-likeness (QED) is 0.808. The molecule has 0 bridgehead atoms. The lowest BCUT2D eigenvalue weighted by molar-refractivity contribution is -0.155. The Bertz CT molecular complexity index is 597. The van der Waals surface area contributed by atoms with Crippen LogP contribution in [0.15, 0.2) is 45.6 Å². The van der Waals surface area contributed by atoms with E-state index in [4.69, 9.17) is 18.3 Å². The summed E-state index contributed by atoms with van der Waals surface area (Å²) in [7, 11) is 0. The van der Waals surface area contributed by atoms with Crippen LogP contribution in [0.25, 0.3) is 0 Å². The molecular weight excluding hydrogens is 288 g/mol. The molecule has 2 aromatic rings. The van der Waals surface area contributed by atoms with Crippen molar-refractivity contribution >= 4 is 11.9 Å². The minimum atomic E-state index is -0.515. The zero-order chi connectivity index (χ0) is 15.7. The molecule has 116 valence electrons. The molecule has 6 heteroatoms. The van der Waals surface area contributed by atoms with Gasteiger partial charge in [-0.05, 0) is 24.3 Å². The third kappa shape index (κ3) is 2.52. The van der Waals surface area contributed by atoms with Gasteiger partial charge in [-0.1, -0.05) is 13.8 Å². The second-order valence-corrected chi connectivity index (χ2v) is 5.80. The average Bonchev–Trinajstić information content (AvgIpc) is 3.18. The summed E-state index contributed by atoms with van der Waals surface area (Å²) in [6, 6.07) is 6.33. The lowest BCUT2D eigenvalue weighted by atomic mass is 9.66. The summed E-state index contributed by atoms with van der Waals surface area (Å²) in [5.41, 5.74) is -0.468. The van der Waals surface area contributed by atoms with Crippen molar-refractivity contribution in [3.63, 3.8) is 0 Å². The molecule has 0 amide bonds. The van der Waals surface area contributed by atoms with Crippen LogP contribution < -0.4 is 0 Å².